The summed E-state index contributed by atoms with van der Waals surface area (Å²) in [4.78, 5) is 28.3. The largest absolute Gasteiger partial charge is 0.497 e. The number of anilines is 1. The maximum absolute atomic E-state index is 13.2. The monoisotopic (exact) mass is 474 g/mol. The van der Waals surface area contributed by atoms with Crippen LogP contribution in [0.3, 0.4) is 0 Å². The molecular weight excluding hydrogens is 451 g/mol. The standard InChI is InChI=1S/C25H23FN6O3/c1-35-22-13-7-18(8-14-22)15-27-23(33)16-31(21-5-3-2-4-6-21)24(34)17-32-29-25(28-30-32)19-9-11-20(26)12-10-19/h2-14H,15-17H2,1H3,(H,27,33). The normalized spacial score (nSPS) is 10.6. The van der Waals surface area contributed by atoms with E-state index in [1.165, 1.54) is 29.2 Å². The Labute approximate surface area is 201 Å². The number of hydrogen-bond acceptors (Lipinski definition) is 6. The zero-order valence-corrected chi connectivity index (χ0v) is 19.0. The molecule has 1 N–H and O–H groups in total. The molecule has 0 aliphatic rings. The summed E-state index contributed by atoms with van der Waals surface area (Å²) < 4.78 is 18.3. The topological polar surface area (TPSA) is 102 Å². The molecule has 0 saturated heterocycles. The van der Waals surface area contributed by atoms with Crippen molar-refractivity contribution in [2.24, 2.45) is 0 Å². The van der Waals surface area contributed by atoms with Crippen LogP contribution in [0.4, 0.5) is 10.1 Å². The van der Waals surface area contributed by atoms with Crippen LogP contribution in [0.2, 0.25) is 0 Å². The van der Waals surface area contributed by atoms with Crippen molar-refractivity contribution in [2.45, 2.75) is 13.1 Å². The first-order valence-corrected chi connectivity index (χ1v) is 10.8. The number of benzene rings is 3. The highest BCUT2D eigenvalue weighted by atomic mass is 19.1. The Kier molecular flexibility index (Phi) is 7.41. The lowest BCUT2D eigenvalue weighted by molar-refractivity contribution is -0.124. The summed E-state index contributed by atoms with van der Waals surface area (Å²) in [6, 6.07) is 21.9. The second-order valence-corrected chi connectivity index (χ2v) is 7.59. The van der Waals surface area contributed by atoms with Gasteiger partial charge in [-0.25, -0.2) is 4.39 Å². The molecule has 2 amide bonds. The van der Waals surface area contributed by atoms with Crippen LogP contribution < -0.4 is 15.0 Å². The molecule has 0 radical (unpaired) electrons. The molecule has 0 aliphatic carbocycles. The Morgan fingerprint density at radius 2 is 1.71 bits per heavy atom. The highest BCUT2D eigenvalue weighted by molar-refractivity contribution is 5.98. The Bertz CT molecular complexity index is 1280. The van der Waals surface area contributed by atoms with Crippen molar-refractivity contribution in [3.8, 4) is 17.1 Å². The van der Waals surface area contributed by atoms with Gasteiger partial charge in [0.15, 0.2) is 0 Å². The zero-order chi connectivity index (χ0) is 24.6. The highest BCUT2D eigenvalue weighted by Crippen LogP contribution is 2.16. The Morgan fingerprint density at radius 3 is 2.40 bits per heavy atom. The molecule has 0 spiro atoms. The van der Waals surface area contributed by atoms with Crippen LogP contribution in [0.15, 0.2) is 78.9 Å². The van der Waals surface area contributed by atoms with Crippen molar-refractivity contribution in [3.05, 3.63) is 90.2 Å². The summed E-state index contributed by atoms with van der Waals surface area (Å²) in [7, 11) is 1.59. The molecule has 1 heterocycles. The summed E-state index contributed by atoms with van der Waals surface area (Å²) in [6.07, 6.45) is 0. The molecule has 0 atom stereocenters. The molecular formula is C25H23FN6O3. The lowest BCUT2D eigenvalue weighted by atomic mass is 10.2. The predicted octanol–water partition coefficient (Wildman–Crippen LogP) is 2.84. The summed E-state index contributed by atoms with van der Waals surface area (Å²) in [5.74, 6) is -0.0953. The fourth-order valence-corrected chi connectivity index (χ4v) is 3.31. The van der Waals surface area contributed by atoms with Gasteiger partial charge in [0.05, 0.1) is 7.11 Å². The van der Waals surface area contributed by atoms with E-state index in [2.05, 4.69) is 20.7 Å². The van der Waals surface area contributed by atoms with Gasteiger partial charge in [-0.1, -0.05) is 30.3 Å². The number of nitrogens with one attached hydrogen (secondary N) is 1. The highest BCUT2D eigenvalue weighted by Gasteiger charge is 2.21. The smallest absolute Gasteiger partial charge is 0.251 e. The van der Waals surface area contributed by atoms with Gasteiger partial charge >= 0.3 is 0 Å². The van der Waals surface area contributed by atoms with Crippen LogP contribution in [0.5, 0.6) is 5.75 Å². The lowest BCUT2D eigenvalue weighted by Gasteiger charge is -2.22. The van der Waals surface area contributed by atoms with Gasteiger partial charge in [-0.3, -0.25) is 9.59 Å². The number of hydrogen-bond donors (Lipinski definition) is 1. The fraction of sp³-hybridized carbons (Fsp3) is 0.160. The van der Waals surface area contributed by atoms with Crippen molar-refractivity contribution in [3.63, 3.8) is 0 Å². The summed E-state index contributed by atoms with van der Waals surface area (Å²) in [6.45, 7) is -0.0985. The van der Waals surface area contributed by atoms with Gasteiger partial charge in [-0.2, -0.15) is 4.80 Å². The Hall–Kier alpha value is -4.60. The van der Waals surface area contributed by atoms with Gasteiger partial charge in [-0.15, -0.1) is 10.2 Å². The van der Waals surface area contributed by atoms with Crippen LogP contribution in [0.25, 0.3) is 11.4 Å². The van der Waals surface area contributed by atoms with Crippen molar-refractivity contribution in [1.82, 2.24) is 25.5 Å². The molecule has 4 rings (SSSR count). The molecule has 0 saturated carbocycles. The minimum Gasteiger partial charge on any atom is -0.497 e. The molecule has 0 fully saturated rings. The van der Waals surface area contributed by atoms with Crippen molar-refractivity contribution < 1.29 is 18.7 Å². The third-order valence-electron chi connectivity index (χ3n) is 5.15. The third kappa shape index (κ3) is 6.26. The van der Waals surface area contributed by atoms with E-state index in [1.54, 1.807) is 31.4 Å². The molecule has 178 valence electrons. The van der Waals surface area contributed by atoms with Gasteiger partial charge in [0, 0.05) is 17.8 Å². The second kappa shape index (κ2) is 11.0. The van der Waals surface area contributed by atoms with E-state index in [9.17, 15) is 14.0 Å². The third-order valence-corrected chi connectivity index (χ3v) is 5.15. The summed E-state index contributed by atoms with van der Waals surface area (Å²) in [5.41, 5.74) is 2.04. The maximum Gasteiger partial charge on any atom is 0.251 e. The molecule has 0 unspecified atom stereocenters. The molecule has 35 heavy (non-hydrogen) atoms. The van der Waals surface area contributed by atoms with Gasteiger partial charge in [-0.05, 0) is 59.3 Å². The van der Waals surface area contributed by atoms with Crippen LogP contribution in [0.1, 0.15) is 5.56 Å². The van der Waals surface area contributed by atoms with Crippen molar-refractivity contribution in [2.75, 3.05) is 18.6 Å². The van der Waals surface area contributed by atoms with Gasteiger partial charge < -0.3 is 15.0 Å². The van der Waals surface area contributed by atoms with E-state index in [4.69, 9.17) is 4.74 Å². The van der Waals surface area contributed by atoms with Crippen molar-refractivity contribution >= 4 is 17.5 Å². The number of nitrogens with zero attached hydrogens (tertiary/aromatic N) is 5. The van der Waals surface area contributed by atoms with E-state index >= 15 is 0 Å². The SMILES string of the molecule is COc1ccc(CNC(=O)CN(C(=O)Cn2nnc(-c3ccc(F)cc3)n2)c2ccccc2)cc1. The molecule has 10 heteroatoms. The number of rotatable bonds is 9. The zero-order valence-electron chi connectivity index (χ0n) is 19.0. The average molecular weight is 474 g/mol. The van der Waals surface area contributed by atoms with Crippen LogP contribution in [-0.4, -0.2) is 45.7 Å². The van der Waals surface area contributed by atoms with Crippen LogP contribution in [0, 0.1) is 5.82 Å². The first-order chi connectivity index (χ1) is 17.0. The number of ether oxygens (including phenoxy) is 1. The van der Waals surface area contributed by atoms with E-state index < -0.39 is 0 Å². The van der Waals surface area contributed by atoms with Crippen LogP contribution >= 0.6 is 0 Å². The first kappa shape index (κ1) is 23.6. The number of amides is 2. The number of carbonyl (C=O) groups excluding carboxylic acids is 2. The van der Waals surface area contributed by atoms with E-state index in [-0.39, 0.29) is 36.5 Å². The molecule has 1 aromatic heterocycles. The van der Waals surface area contributed by atoms with E-state index in [0.29, 0.717) is 17.8 Å². The molecule has 0 bridgehead atoms. The first-order valence-electron chi connectivity index (χ1n) is 10.8. The molecule has 3 aromatic carbocycles. The number of tetrazole rings is 1. The quantitative estimate of drug-likeness (QED) is 0.400. The molecule has 0 aliphatic heterocycles. The number of para-hydroxylation sites is 1. The van der Waals surface area contributed by atoms with E-state index in [1.807, 2.05) is 30.3 Å². The van der Waals surface area contributed by atoms with Crippen molar-refractivity contribution in [1.29, 1.82) is 0 Å². The van der Waals surface area contributed by atoms with Gasteiger partial charge in [0.1, 0.15) is 24.7 Å². The fourth-order valence-electron chi connectivity index (χ4n) is 3.31. The number of methoxy groups -OCH3 is 1. The van der Waals surface area contributed by atoms with Crippen LogP contribution in [-0.2, 0) is 22.7 Å². The maximum atomic E-state index is 13.2. The Balaban J connectivity index is 1.43. The Morgan fingerprint density at radius 1 is 1.00 bits per heavy atom. The lowest BCUT2D eigenvalue weighted by Crippen LogP contribution is -2.42. The van der Waals surface area contributed by atoms with E-state index in [0.717, 1.165) is 16.1 Å². The summed E-state index contributed by atoms with van der Waals surface area (Å²) in [5, 5.41) is 14.9. The predicted molar refractivity (Wildman–Crippen MR) is 127 cm³/mol. The molecule has 4 aromatic rings. The number of halogens is 1. The minimum atomic E-state index is -0.390. The molecule has 9 nitrogen and oxygen atoms in total. The number of aromatic nitrogens is 4. The second-order valence-electron chi connectivity index (χ2n) is 7.59. The number of carbonyl (C=O) groups is 2. The van der Waals surface area contributed by atoms with Gasteiger partial charge in [0.2, 0.25) is 11.7 Å². The minimum absolute atomic E-state index is 0.182. The average Bonchev–Trinajstić information content (AvgIpc) is 3.35. The van der Waals surface area contributed by atoms with Gasteiger partial charge in [0.25, 0.3) is 5.91 Å². The summed E-state index contributed by atoms with van der Waals surface area (Å²) >= 11 is 0.